The topological polar surface area (TPSA) is 52.9 Å². The fourth-order valence-corrected chi connectivity index (χ4v) is 2.29. The number of rotatable bonds is 2. The number of nitriles is 1. The number of nitrogens with one attached hydrogen (secondary N) is 1. The molecule has 0 radical (unpaired) electrons. The van der Waals surface area contributed by atoms with Gasteiger partial charge >= 0.3 is 0 Å². The first-order valence-electron chi connectivity index (χ1n) is 6.67. The molecule has 0 amide bonds. The largest absolute Gasteiger partial charge is 0.317 e. The first-order chi connectivity index (χ1) is 8.28. The molecule has 0 aromatic rings. The fourth-order valence-electron chi connectivity index (χ4n) is 2.29. The van der Waals surface area contributed by atoms with Crippen molar-refractivity contribution in [1.82, 2.24) is 5.32 Å². The van der Waals surface area contributed by atoms with Gasteiger partial charge in [-0.1, -0.05) is 33.8 Å². The number of nitrogens with zero attached hydrogens (tertiary/aromatic N) is 1. The van der Waals surface area contributed by atoms with Crippen molar-refractivity contribution in [2.45, 2.75) is 47.0 Å². The molecule has 0 spiro atoms. The second-order valence-electron chi connectivity index (χ2n) is 6.51. The number of Topliss-reactive ketones (excluding diaryl/α,β-unsaturated/α-hetero) is 1. The maximum Gasteiger partial charge on any atom is 0.178 e. The number of carbonyl (C=O) groups excluding carboxylic acids is 1. The average molecular weight is 248 g/mol. The summed E-state index contributed by atoms with van der Waals surface area (Å²) in [4.78, 5) is 12.2. The van der Waals surface area contributed by atoms with Crippen LogP contribution in [0, 0.1) is 22.2 Å². The van der Waals surface area contributed by atoms with Gasteiger partial charge in [0.05, 0.1) is 5.57 Å². The quantitative estimate of drug-likeness (QED) is 0.604. The van der Waals surface area contributed by atoms with E-state index in [-0.39, 0.29) is 11.2 Å². The van der Waals surface area contributed by atoms with E-state index in [0.717, 1.165) is 32.4 Å². The summed E-state index contributed by atoms with van der Waals surface area (Å²) in [6.07, 6.45) is 5.02. The van der Waals surface area contributed by atoms with Gasteiger partial charge in [0.15, 0.2) is 5.78 Å². The summed E-state index contributed by atoms with van der Waals surface area (Å²) in [5.74, 6) is -0.0524. The molecule has 1 aliphatic rings. The monoisotopic (exact) mass is 248 g/mol. The molecule has 3 nitrogen and oxygen atoms in total. The zero-order valence-corrected chi connectivity index (χ0v) is 12.0. The first-order valence-corrected chi connectivity index (χ1v) is 6.67. The second-order valence-corrected chi connectivity index (χ2v) is 6.51. The molecule has 1 saturated heterocycles. The van der Waals surface area contributed by atoms with Crippen molar-refractivity contribution in [2.24, 2.45) is 10.8 Å². The van der Waals surface area contributed by atoms with E-state index < -0.39 is 5.41 Å². The van der Waals surface area contributed by atoms with E-state index >= 15 is 0 Å². The Morgan fingerprint density at radius 2 is 2.00 bits per heavy atom. The molecule has 1 rings (SSSR count). The van der Waals surface area contributed by atoms with Crippen molar-refractivity contribution in [3.63, 3.8) is 0 Å². The smallest absolute Gasteiger partial charge is 0.178 e. The predicted octanol–water partition coefficient (Wildman–Crippen LogP) is 2.83. The Balaban J connectivity index is 2.97. The molecule has 0 saturated carbocycles. The van der Waals surface area contributed by atoms with Crippen LogP contribution in [0.1, 0.15) is 47.0 Å². The van der Waals surface area contributed by atoms with Crippen LogP contribution in [0.5, 0.6) is 0 Å². The van der Waals surface area contributed by atoms with Crippen molar-refractivity contribution in [3.05, 3.63) is 11.6 Å². The van der Waals surface area contributed by atoms with E-state index in [1.54, 1.807) is 0 Å². The van der Waals surface area contributed by atoms with Crippen LogP contribution < -0.4 is 5.32 Å². The van der Waals surface area contributed by atoms with Crippen LogP contribution in [-0.2, 0) is 4.79 Å². The zero-order valence-electron chi connectivity index (χ0n) is 12.0. The molecule has 18 heavy (non-hydrogen) atoms. The van der Waals surface area contributed by atoms with Crippen molar-refractivity contribution in [1.29, 1.82) is 5.26 Å². The van der Waals surface area contributed by atoms with Gasteiger partial charge in [-0.05, 0) is 37.8 Å². The SMILES string of the molecule is CC(C)(C)C(=O)/C(C#N)=C\[C@]1(C)CCCNCC1. The highest BCUT2D eigenvalue weighted by Crippen LogP contribution is 2.33. The third-order valence-electron chi connectivity index (χ3n) is 3.51. The Hall–Kier alpha value is -1.14. The molecule has 0 bridgehead atoms. The molecule has 1 N–H and O–H groups in total. The Morgan fingerprint density at radius 3 is 2.56 bits per heavy atom. The molecular weight excluding hydrogens is 224 g/mol. The average Bonchev–Trinajstić information content (AvgIpc) is 2.49. The molecule has 1 atom stereocenters. The van der Waals surface area contributed by atoms with Gasteiger partial charge < -0.3 is 5.32 Å². The van der Waals surface area contributed by atoms with Crippen molar-refractivity contribution in [2.75, 3.05) is 13.1 Å². The van der Waals surface area contributed by atoms with Crippen LogP contribution in [0.3, 0.4) is 0 Å². The number of carbonyl (C=O) groups is 1. The van der Waals surface area contributed by atoms with Crippen molar-refractivity contribution < 1.29 is 4.79 Å². The molecule has 100 valence electrons. The predicted molar refractivity (Wildman–Crippen MR) is 73.0 cm³/mol. The van der Waals surface area contributed by atoms with E-state index in [0.29, 0.717) is 5.57 Å². The van der Waals surface area contributed by atoms with Crippen LogP contribution in [-0.4, -0.2) is 18.9 Å². The summed E-state index contributed by atoms with van der Waals surface area (Å²) >= 11 is 0. The standard InChI is InChI=1S/C15H24N2O/c1-14(2,3)13(18)12(11-16)10-15(4)6-5-8-17-9-7-15/h10,17H,5-9H2,1-4H3/b12-10-/t15-/m1/s1. The summed E-state index contributed by atoms with van der Waals surface area (Å²) in [5, 5.41) is 12.6. The normalized spacial score (nSPS) is 26.3. The fraction of sp³-hybridized carbons (Fsp3) is 0.733. The summed E-state index contributed by atoms with van der Waals surface area (Å²) in [6.45, 7) is 9.70. The van der Waals surface area contributed by atoms with Crippen LogP contribution in [0.4, 0.5) is 0 Å². The number of allylic oxidation sites excluding steroid dienone is 2. The maximum atomic E-state index is 12.2. The summed E-state index contributed by atoms with van der Waals surface area (Å²) in [7, 11) is 0. The molecule has 1 fully saturated rings. The Labute approximate surface area is 110 Å². The van der Waals surface area contributed by atoms with Crippen molar-refractivity contribution >= 4 is 5.78 Å². The van der Waals surface area contributed by atoms with Gasteiger partial charge in [0, 0.05) is 5.41 Å². The highest BCUT2D eigenvalue weighted by Gasteiger charge is 2.29. The second kappa shape index (κ2) is 5.67. The van der Waals surface area contributed by atoms with Gasteiger partial charge in [-0.3, -0.25) is 4.79 Å². The Morgan fingerprint density at radius 1 is 1.33 bits per heavy atom. The van der Waals surface area contributed by atoms with E-state index in [1.165, 1.54) is 0 Å². The summed E-state index contributed by atoms with van der Waals surface area (Å²) < 4.78 is 0. The van der Waals surface area contributed by atoms with Gasteiger partial charge in [-0.2, -0.15) is 5.26 Å². The number of ketones is 1. The lowest BCUT2D eigenvalue weighted by atomic mass is 9.78. The lowest BCUT2D eigenvalue weighted by Crippen LogP contribution is -2.24. The molecule has 0 aromatic carbocycles. The molecular formula is C15H24N2O. The van der Waals surface area contributed by atoms with Gasteiger partial charge in [0.1, 0.15) is 6.07 Å². The third kappa shape index (κ3) is 3.96. The van der Waals surface area contributed by atoms with E-state index in [1.807, 2.05) is 26.8 Å². The maximum absolute atomic E-state index is 12.2. The van der Waals surface area contributed by atoms with Crippen LogP contribution in [0.25, 0.3) is 0 Å². The highest BCUT2D eigenvalue weighted by atomic mass is 16.1. The zero-order chi connectivity index (χ0) is 13.8. The molecule has 1 heterocycles. The lowest BCUT2D eigenvalue weighted by molar-refractivity contribution is -0.122. The van der Waals surface area contributed by atoms with Crippen LogP contribution >= 0.6 is 0 Å². The van der Waals surface area contributed by atoms with Gasteiger partial charge in [0.25, 0.3) is 0 Å². The van der Waals surface area contributed by atoms with Crippen LogP contribution in [0.2, 0.25) is 0 Å². The summed E-state index contributed by atoms with van der Waals surface area (Å²) in [5.41, 5.74) is -0.192. The molecule has 1 aliphatic heterocycles. The van der Waals surface area contributed by atoms with Crippen molar-refractivity contribution in [3.8, 4) is 6.07 Å². The molecule has 0 aliphatic carbocycles. The molecule has 3 heteroatoms. The first kappa shape index (κ1) is 14.9. The van der Waals surface area contributed by atoms with Gasteiger partial charge in [-0.15, -0.1) is 0 Å². The van der Waals surface area contributed by atoms with Gasteiger partial charge in [0.2, 0.25) is 0 Å². The number of hydrogen-bond donors (Lipinski definition) is 1. The summed E-state index contributed by atoms with van der Waals surface area (Å²) in [6, 6.07) is 2.09. The Kier molecular flexibility index (Phi) is 4.70. The lowest BCUT2D eigenvalue weighted by Gasteiger charge is -2.25. The highest BCUT2D eigenvalue weighted by molar-refractivity contribution is 6.02. The molecule has 0 unspecified atom stereocenters. The minimum absolute atomic E-state index is 0.0323. The van der Waals surface area contributed by atoms with E-state index in [4.69, 9.17) is 0 Å². The Bertz CT molecular complexity index is 374. The molecule has 0 aromatic heterocycles. The van der Waals surface area contributed by atoms with E-state index in [9.17, 15) is 10.1 Å². The van der Waals surface area contributed by atoms with Gasteiger partial charge in [-0.25, -0.2) is 0 Å². The third-order valence-corrected chi connectivity index (χ3v) is 3.51. The van der Waals surface area contributed by atoms with E-state index in [2.05, 4.69) is 18.3 Å². The minimum Gasteiger partial charge on any atom is -0.317 e. The number of hydrogen-bond acceptors (Lipinski definition) is 3. The van der Waals surface area contributed by atoms with Crippen LogP contribution in [0.15, 0.2) is 11.6 Å². The minimum atomic E-state index is -0.485.